The van der Waals surface area contributed by atoms with E-state index >= 15 is 0 Å². The minimum absolute atomic E-state index is 0.275. The van der Waals surface area contributed by atoms with E-state index in [0.717, 1.165) is 16.7 Å². The maximum Gasteiger partial charge on any atom is 0.338 e. The third-order valence-electron chi connectivity index (χ3n) is 6.11. The third kappa shape index (κ3) is 5.18. The molecule has 1 unspecified atom stereocenters. The molecule has 0 spiro atoms. The van der Waals surface area contributed by atoms with Crippen LogP contribution in [0.5, 0.6) is 5.75 Å². The van der Waals surface area contributed by atoms with Gasteiger partial charge in [-0.05, 0) is 54.0 Å². The van der Waals surface area contributed by atoms with E-state index in [4.69, 9.17) is 32.7 Å². The van der Waals surface area contributed by atoms with Crippen LogP contribution >= 0.6 is 34.5 Å². The lowest BCUT2D eigenvalue weighted by molar-refractivity contribution is -0.136. The first-order chi connectivity index (χ1) is 18.4. The van der Waals surface area contributed by atoms with E-state index < -0.39 is 12.0 Å². The zero-order valence-electron chi connectivity index (χ0n) is 20.5. The highest BCUT2D eigenvalue weighted by Crippen LogP contribution is 2.31. The topological polar surface area (TPSA) is 69.9 Å². The molecule has 1 aromatic heterocycles. The number of methoxy groups -OCH3 is 1. The number of nitrogens with zero attached hydrogens (tertiary/aromatic N) is 2. The van der Waals surface area contributed by atoms with E-state index in [-0.39, 0.29) is 5.56 Å². The summed E-state index contributed by atoms with van der Waals surface area (Å²) < 4.78 is 13.0. The zero-order chi connectivity index (χ0) is 26.8. The van der Waals surface area contributed by atoms with Crippen molar-refractivity contribution in [3.8, 4) is 5.75 Å². The molecule has 5 rings (SSSR count). The summed E-state index contributed by atoms with van der Waals surface area (Å²) in [6.07, 6.45) is 1.74. The molecule has 0 saturated carbocycles. The molecule has 0 fully saturated rings. The number of thiazole rings is 1. The van der Waals surface area contributed by atoms with Gasteiger partial charge in [0.05, 0.1) is 39.0 Å². The second-order valence-corrected chi connectivity index (χ2v) is 10.4. The quantitative estimate of drug-likeness (QED) is 0.298. The Morgan fingerprint density at radius 1 is 1.05 bits per heavy atom. The van der Waals surface area contributed by atoms with Crippen molar-refractivity contribution in [1.29, 1.82) is 0 Å². The number of carbonyl (C=O) groups is 1. The Morgan fingerprint density at radius 2 is 1.79 bits per heavy atom. The van der Waals surface area contributed by atoms with Crippen LogP contribution in [0, 0.1) is 0 Å². The molecule has 0 N–H and O–H groups in total. The van der Waals surface area contributed by atoms with E-state index in [1.807, 2.05) is 54.6 Å². The summed E-state index contributed by atoms with van der Waals surface area (Å²) in [5.74, 6) is 0.129. The lowest BCUT2D eigenvalue weighted by Gasteiger charge is -2.24. The van der Waals surface area contributed by atoms with Crippen LogP contribution in [-0.2, 0) is 16.1 Å². The van der Waals surface area contributed by atoms with Crippen LogP contribution in [0.2, 0.25) is 10.0 Å². The van der Waals surface area contributed by atoms with Gasteiger partial charge in [0.25, 0.3) is 5.56 Å². The van der Waals surface area contributed by atoms with Gasteiger partial charge in [-0.2, -0.15) is 0 Å². The summed E-state index contributed by atoms with van der Waals surface area (Å²) in [5, 5.41) is 0.823. The predicted molar refractivity (Wildman–Crippen MR) is 149 cm³/mol. The molecule has 0 radical (unpaired) electrons. The summed E-state index contributed by atoms with van der Waals surface area (Å²) in [4.78, 5) is 31.6. The first-order valence-electron chi connectivity index (χ1n) is 11.7. The Morgan fingerprint density at radius 3 is 2.47 bits per heavy atom. The lowest BCUT2D eigenvalue weighted by Crippen LogP contribution is -2.39. The van der Waals surface area contributed by atoms with Crippen molar-refractivity contribution >= 4 is 46.6 Å². The van der Waals surface area contributed by atoms with Crippen molar-refractivity contribution in [3.05, 3.63) is 130 Å². The predicted octanol–water partition coefficient (Wildman–Crippen LogP) is 5.29. The van der Waals surface area contributed by atoms with Crippen molar-refractivity contribution in [2.75, 3.05) is 7.11 Å². The highest BCUT2D eigenvalue weighted by Gasteiger charge is 2.33. The van der Waals surface area contributed by atoms with Crippen LogP contribution in [0.25, 0.3) is 6.08 Å². The van der Waals surface area contributed by atoms with Gasteiger partial charge < -0.3 is 9.47 Å². The number of fused-ring (bicyclic) bond motifs is 1. The van der Waals surface area contributed by atoms with Crippen molar-refractivity contribution in [3.63, 3.8) is 0 Å². The highest BCUT2D eigenvalue weighted by atomic mass is 35.5. The summed E-state index contributed by atoms with van der Waals surface area (Å²) in [6, 6.07) is 21.7. The van der Waals surface area contributed by atoms with Gasteiger partial charge in [-0.1, -0.05) is 83.1 Å². The number of halogens is 2. The Kier molecular flexibility index (Phi) is 7.51. The fourth-order valence-electron chi connectivity index (χ4n) is 4.25. The van der Waals surface area contributed by atoms with Gasteiger partial charge >= 0.3 is 5.97 Å². The number of allylic oxidation sites excluding steroid dienone is 1. The van der Waals surface area contributed by atoms with E-state index in [0.29, 0.717) is 43.0 Å². The van der Waals surface area contributed by atoms with E-state index in [2.05, 4.69) is 4.99 Å². The number of hydrogen-bond donors (Lipinski definition) is 0. The molecule has 0 saturated heterocycles. The van der Waals surface area contributed by atoms with Crippen LogP contribution < -0.4 is 19.6 Å². The molecule has 1 aliphatic rings. The van der Waals surface area contributed by atoms with Gasteiger partial charge in [-0.25, -0.2) is 9.79 Å². The monoisotopic (exact) mass is 564 g/mol. The van der Waals surface area contributed by atoms with Gasteiger partial charge in [-0.15, -0.1) is 0 Å². The molecule has 2 heterocycles. The number of carbonyl (C=O) groups excluding carboxylic acids is 1. The molecule has 192 valence electrons. The average molecular weight is 565 g/mol. The molecular formula is C29H22Cl2N2O4S. The molecule has 0 aliphatic carbocycles. The Labute approximate surface area is 232 Å². The number of rotatable bonds is 6. The van der Waals surface area contributed by atoms with Crippen LogP contribution in [0.15, 0.2) is 93.9 Å². The Bertz CT molecular complexity index is 1730. The highest BCUT2D eigenvalue weighted by molar-refractivity contribution is 7.07. The number of esters is 1. The maximum absolute atomic E-state index is 13.7. The fraction of sp³-hybridized carbons (Fsp3) is 0.138. The average Bonchev–Trinajstić information content (AvgIpc) is 3.23. The molecule has 0 amide bonds. The van der Waals surface area contributed by atoms with Gasteiger partial charge in [-0.3, -0.25) is 9.36 Å². The standard InChI is InChI=1S/C29H22Cl2N2O4S/c1-17-25(28(35)36-2)26(20-9-11-21(12-10-20)37-16-18-6-4-3-5-7-18)33-27(34)24(38-29(33)32-17)15-19-8-13-22(30)23(31)14-19/h3-15,26H,16H2,1-2H3/b24-15-. The first kappa shape index (κ1) is 26.0. The van der Waals surface area contributed by atoms with Crippen LogP contribution in [0.3, 0.4) is 0 Å². The maximum atomic E-state index is 13.7. The van der Waals surface area contributed by atoms with Crippen LogP contribution in [0.1, 0.15) is 29.7 Å². The number of benzene rings is 3. The summed E-state index contributed by atoms with van der Waals surface area (Å²) in [5.41, 5.74) is 3.03. The molecule has 1 aliphatic heterocycles. The van der Waals surface area contributed by atoms with Gasteiger partial charge in [0.1, 0.15) is 12.4 Å². The number of hydrogen-bond acceptors (Lipinski definition) is 6. The normalized spacial score (nSPS) is 15.2. The van der Waals surface area contributed by atoms with E-state index in [9.17, 15) is 9.59 Å². The Hall–Kier alpha value is -3.65. The van der Waals surface area contributed by atoms with E-state index in [1.165, 1.54) is 23.0 Å². The Balaban J connectivity index is 1.56. The van der Waals surface area contributed by atoms with Crippen LogP contribution in [-0.4, -0.2) is 17.6 Å². The van der Waals surface area contributed by atoms with Crippen molar-refractivity contribution in [2.45, 2.75) is 19.6 Å². The lowest BCUT2D eigenvalue weighted by atomic mass is 9.96. The second kappa shape index (κ2) is 11.0. The van der Waals surface area contributed by atoms with E-state index in [1.54, 1.807) is 31.2 Å². The van der Waals surface area contributed by atoms with Crippen molar-refractivity contribution < 1.29 is 14.3 Å². The summed E-state index contributed by atoms with van der Waals surface area (Å²) in [7, 11) is 1.32. The smallest absolute Gasteiger partial charge is 0.338 e. The minimum Gasteiger partial charge on any atom is -0.489 e. The molecule has 6 nitrogen and oxygen atoms in total. The molecule has 4 aromatic rings. The summed E-state index contributed by atoms with van der Waals surface area (Å²) in [6.45, 7) is 2.17. The molecule has 1 atom stereocenters. The number of aromatic nitrogens is 1. The van der Waals surface area contributed by atoms with Gasteiger partial charge in [0, 0.05) is 0 Å². The molecule has 9 heteroatoms. The largest absolute Gasteiger partial charge is 0.489 e. The fourth-order valence-corrected chi connectivity index (χ4v) is 5.60. The molecule has 38 heavy (non-hydrogen) atoms. The van der Waals surface area contributed by atoms with Gasteiger partial charge in [0.2, 0.25) is 0 Å². The first-order valence-corrected chi connectivity index (χ1v) is 13.3. The van der Waals surface area contributed by atoms with Crippen LogP contribution in [0.4, 0.5) is 0 Å². The third-order valence-corrected chi connectivity index (χ3v) is 7.83. The van der Waals surface area contributed by atoms with Crippen molar-refractivity contribution in [2.24, 2.45) is 4.99 Å². The molecule has 3 aromatic carbocycles. The summed E-state index contributed by atoms with van der Waals surface area (Å²) >= 11 is 13.4. The molecule has 0 bridgehead atoms. The second-order valence-electron chi connectivity index (χ2n) is 8.59. The zero-order valence-corrected chi connectivity index (χ0v) is 22.8. The SMILES string of the molecule is COC(=O)C1=C(C)N=c2s/c(=C\c3ccc(Cl)c(Cl)c3)c(=O)n2C1c1ccc(OCc2ccccc2)cc1. The number of ether oxygens (including phenoxy) is 2. The molecular weight excluding hydrogens is 543 g/mol. The van der Waals surface area contributed by atoms with Gasteiger partial charge in [0.15, 0.2) is 4.80 Å². The minimum atomic E-state index is -0.710. The van der Waals surface area contributed by atoms with Crippen molar-refractivity contribution in [1.82, 2.24) is 4.57 Å².